The van der Waals surface area contributed by atoms with Crippen molar-refractivity contribution in [2.45, 2.75) is 59.0 Å². The molecule has 3 aliphatic carbocycles. The summed E-state index contributed by atoms with van der Waals surface area (Å²) in [4.78, 5) is 12.3. The van der Waals surface area contributed by atoms with Crippen LogP contribution in [0.4, 0.5) is 0 Å². The average molecular weight is 236 g/mol. The molecule has 3 aliphatic rings. The SMILES string of the molecule is C[C@@H]1CCC2C(C)(C)[C@H]3C[C@]21CC(=O)[C@]3(C)O. The van der Waals surface area contributed by atoms with Crippen LogP contribution in [0.2, 0.25) is 0 Å². The van der Waals surface area contributed by atoms with Gasteiger partial charge in [-0.15, -0.1) is 0 Å². The maximum atomic E-state index is 12.3. The van der Waals surface area contributed by atoms with Crippen LogP contribution in [0.3, 0.4) is 0 Å². The first-order valence-electron chi connectivity index (χ1n) is 6.98. The summed E-state index contributed by atoms with van der Waals surface area (Å²) >= 11 is 0. The standard InChI is InChI=1S/C15H24O2/c1-9-5-6-10-13(2,3)11-7-15(9,10)8-12(16)14(11,4)17/h9-11,17H,5-8H2,1-4H3/t9-,10?,11-,14-,15-/m1/s1. The monoisotopic (exact) mass is 236 g/mol. The number of ketones is 1. The van der Waals surface area contributed by atoms with Crippen LogP contribution < -0.4 is 0 Å². The molecule has 0 saturated heterocycles. The second-order valence-corrected chi connectivity index (χ2v) is 7.59. The minimum absolute atomic E-state index is 0.0954. The lowest BCUT2D eigenvalue weighted by molar-refractivity contribution is -0.152. The highest BCUT2D eigenvalue weighted by Gasteiger charge is 2.70. The summed E-state index contributed by atoms with van der Waals surface area (Å²) in [5, 5.41) is 10.6. The van der Waals surface area contributed by atoms with Gasteiger partial charge in [0, 0.05) is 12.3 Å². The molecule has 5 atom stereocenters. The summed E-state index contributed by atoms with van der Waals surface area (Å²) in [6.45, 7) is 8.61. The van der Waals surface area contributed by atoms with E-state index < -0.39 is 5.60 Å². The molecule has 0 aromatic heterocycles. The number of hydrogen-bond acceptors (Lipinski definition) is 2. The van der Waals surface area contributed by atoms with Gasteiger partial charge in [0.2, 0.25) is 0 Å². The quantitative estimate of drug-likeness (QED) is 0.702. The Bertz CT molecular complexity index is 382. The Morgan fingerprint density at radius 2 is 1.82 bits per heavy atom. The van der Waals surface area contributed by atoms with Gasteiger partial charge in [-0.3, -0.25) is 4.79 Å². The summed E-state index contributed by atoms with van der Waals surface area (Å²) < 4.78 is 0. The van der Waals surface area contributed by atoms with Gasteiger partial charge in [-0.25, -0.2) is 0 Å². The van der Waals surface area contributed by atoms with Gasteiger partial charge in [-0.05, 0) is 48.9 Å². The lowest BCUT2D eigenvalue weighted by Crippen LogP contribution is -2.51. The molecule has 1 unspecified atom stereocenters. The third-order valence-electron chi connectivity index (χ3n) is 6.68. The fraction of sp³-hybridized carbons (Fsp3) is 0.933. The van der Waals surface area contributed by atoms with Crippen molar-refractivity contribution < 1.29 is 9.90 Å². The van der Waals surface area contributed by atoms with E-state index in [9.17, 15) is 9.90 Å². The molecular formula is C15H24O2. The van der Waals surface area contributed by atoms with E-state index in [0.29, 0.717) is 18.3 Å². The zero-order valence-corrected chi connectivity index (χ0v) is 11.4. The Morgan fingerprint density at radius 3 is 2.47 bits per heavy atom. The Morgan fingerprint density at radius 1 is 1.18 bits per heavy atom. The van der Waals surface area contributed by atoms with Crippen molar-refractivity contribution in [2.24, 2.45) is 28.6 Å². The van der Waals surface area contributed by atoms with E-state index in [1.165, 1.54) is 12.8 Å². The molecule has 0 aromatic carbocycles. The minimum atomic E-state index is -1.08. The van der Waals surface area contributed by atoms with E-state index in [-0.39, 0.29) is 22.5 Å². The van der Waals surface area contributed by atoms with Crippen molar-refractivity contribution in [1.29, 1.82) is 0 Å². The molecule has 3 fully saturated rings. The molecule has 1 spiro atoms. The fourth-order valence-electron chi connectivity index (χ4n) is 5.64. The van der Waals surface area contributed by atoms with Crippen molar-refractivity contribution in [2.75, 3.05) is 0 Å². The third kappa shape index (κ3) is 1.13. The van der Waals surface area contributed by atoms with Crippen LogP contribution in [0.1, 0.15) is 53.4 Å². The van der Waals surface area contributed by atoms with Crippen molar-refractivity contribution in [1.82, 2.24) is 0 Å². The molecule has 2 heteroatoms. The van der Waals surface area contributed by atoms with Gasteiger partial charge in [0.25, 0.3) is 0 Å². The summed E-state index contributed by atoms with van der Waals surface area (Å²) in [5.41, 5.74) is -0.757. The zero-order valence-electron chi connectivity index (χ0n) is 11.4. The number of rotatable bonds is 0. The Kier molecular flexibility index (Phi) is 2.04. The number of aliphatic hydroxyl groups is 1. The van der Waals surface area contributed by atoms with Gasteiger partial charge in [-0.1, -0.05) is 20.8 Å². The summed E-state index contributed by atoms with van der Waals surface area (Å²) in [6, 6.07) is 0. The molecule has 2 bridgehead atoms. The number of hydrogen-bond donors (Lipinski definition) is 1. The van der Waals surface area contributed by atoms with E-state index >= 15 is 0 Å². The lowest BCUT2D eigenvalue weighted by Gasteiger charge is -2.42. The number of fused-ring (bicyclic) bond motifs is 1. The Labute approximate surface area is 104 Å². The van der Waals surface area contributed by atoms with Gasteiger partial charge in [0.1, 0.15) is 5.60 Å². The smallest absolute Gasteiger partial charge is 0.164 e. The van der Waals surface area contributed by atoms with Crippen LogP contribution in [0.25, 0.3) is 0 Å². The van der Waals surface area contributed by atoms with Crippen molar-refractivity contribution in [3.63, 3.8) is 0 Å². The molecule has 3 saturated carbocycles. The molecule has 17 heavy (non-hydrogen) atoms. The van der Waals surface area contributed by atoms with E-state index in [0.717, 1.165) is 6.42 Å². The molecule has 0 aliphatic heterocycles. The number of carbonyl (C=O) groups excluding carboxylic acids is 1. The van der Waals surface area contributed by atoms with Gasteiger partial charge >= 0.3 is 0 Å². The van der Waals surface area contributed by atoms with Gasteiger partial charge in [-0.2, -0.15) is 0 Å². The first-order valence-corrected chi connectivity index (χ1v) is 6.98. The first-order chi connectivity index (χ1) is 7.73. The first kappa shape index (κ1) is 11.7. The predicted octanol–water partition coefficient (Wildman–Crippen LogP) is 2.79. The Hall–Kier alpha value is -0.370. The summed E-state index contributed by atoms with van der Waals surface area (Å²) in [6.07, 6.45) is 4.18. The van der Waals surface area contributed by atoms with E-state index in [4.69, 9.17) is 0 Å². The summed E-state index contributed by atoms with van der Waals surface area (Å²) in [7, 11) is 0. The minimum Gasteiger partial charge on any atom is -0.382 e. The van der Waals surface area contributed by atoms with Crippen LogP contribution >= 0.6 is 0 Å². The summed E-state index contributed by atoms with van der Waals surface area (Å²) in [5.74, 6) is 1.53. The second-order valence-electron chi connectivity index (χ2n) is 7.59. The van der Waals surface area contributed by atoms with E-state index in [2.05, 4.69) is 20.8 Å². The maximum absolute atomic E-state index is 12.3. The highest BCUT2D eigenvalue weighted by atomic mass is 16.3. The predicted molar refractivity (Wildman–Crippen MR) is 66.5 cm³/mol. The topological polar surface area (TPSA) is 37.3 Å². The third-order valence-corrected chi connectivity index (χ3v) is 6.68. The molecule has 3 rings (SSSR count). The maximum Gasteiger partial charge on any atom is 0.164 e. The van der Waals surface area contributed by atoms with Crippen LogP contribution in [0.15, 0.2) is 0 Å². The molecule has 1 N–H and O–H groups in total. The van der Waals surface area contributed by atoms with Gasteiger partial charge in [0.15, 0.2) is 5.78 Å². The molecule has 0 aromatic rings. The van der Waals surface area contributed by atoms with Crippen LogP contribution in [0, 0.1) is 28.6 Å². The molecule has 0 heterocycles. The normalized spacial score (nSPS) is 56.1. The van der Waals surface area contributed by atoms with Crippen molar-refractivity contribution >= 4 is 5.78 Å². The highest BCUT2D eigenvalue weighted by Crippen LogP contribution is 2.72. The van der Waals surface area contributed by atoms with Crippen LogP contribution in [-0.4, -0.2) is 16.5 Å². The molecular weight excluding hydrogens is 212 g/mol. The average Bonchev–Trinajstić information content (AvgIpc) is 2.61. The number of Topliss-reactive ketones (excluding diaryl/α,β-unsaturated/α-hetero) is 1. The molecule has 0 radical (unpaired) electrons. The van der Waals surface area contributed by atoms with Crippen LogP contribution in [-0.2, 0) is 4.79 Å². The van der Waals surface area contributed by atoms with Gasteiger partial charge < -0.3 is 5.11 Å². The fourth-order valence-corrected chi connectivity index (χ4v) is 5.64. The van der Waals surface area contributed by atoms with Crippen molar-refractivity contribution in [3.05, 3.63) is 0 Å². The lowest BCUT2D eigenvalue weighted by atomic mass is 9.63. The van der Waals surface area contributed by atoms with Crippen LogP contribution in [0.5, 0.6) is 0 Å². The van der Waals surface area contributed by atoms with E-state index in [1.807, 2.05) is 0 Å². The molecule has 0 amide bonds. The largest absolute Gasteiger partial charge is 0.382 e. The Balaban J connectivity index is 2.13. The number of carbonyl (C=O) groups is 1. The van der Waals surface area contributed by atoms with Gasteiger partial charge in [0.05, 0.1) is 0 Å². The zero-order chi connectivity index (χ0) is 12.6. The molecule has 2 nitrogen and oxygen atoms in total. The second kappa shape index (κ2) is 2.96. The highest BCUT2D eigenvalue weighted by molar-refractivity contribution is 5.89. The molecule has 96 valence electrons. The van der Waals surface area contributed by atoms with Crippen molar-refractivity contribution in [3.8, 4) is 0 Å². The van der Waals surface area contributed by atoms with E-state index in [1.54, 1.807) is 6.92 Å².